The Labute approximate surface area is 95.0 Å². The number of hydrogen-bond acceptors (Lipinski definition) is 2. The lowest BCUT2D eigenvalue weighted by atomic mass is 10.2. The van der Waals surface area contributed by atoms with Gasteiger partial charge in [-0.15, -0.1) is 0 Å². The highest BCUT2D eigenvalue weighted by Gasteiger charge is 2.11. The molecular formula is C13H11NS. The Hall–Kier alpha value is -1.41. The molecule has 3 rings (SSSR count). The van der Waals surface area contributed by atoms with Crippen LogP contribution in [0.5, 0.6) is 0 Å². The van der Waals surface area contributed by atoms with Gasteiger partial charge in [0.1, 0.15) is 0 Å². The summed E-state index contributed by atoms with van der Waals surface area (Å²) in [5, 5.41) is 1.56. The van der Waals surface area contributed by atoms with Gasteiger partial charge >= 0.3 is 0 Å². The van der Waals surface area contributed by atoms with E-state index in [1.54, 1.807) is 17.1 Å². The molecule has 0 aliphatic carbocycles. The minimum atomic E-state index is 0.653. The van der Waals surface area contributed by atoms with Crippen molar-refractivity contribution < 1.29 is 1.41 Å². The second-order valence-electron chi connectivity index (χ2n) is 3.49. The topological polar surface area (TPSA) is 12.0 Å². The largest absolute Gasteiger partial charge is 0.380 e. The van der Waals surface area contributed by atoms with Crippen LogP contribution >= 0.6 is 11.8 Å². The standard InChI is InChI=1S/C13H11NS/c1-3-7-12-10(5-1)9-14-11-6-2-4-8-13(11)15-12/h1-8,14H,9H2/i/hT. The van der Waals surface area contributed by atoms with Crippen LogP contribution in [0.2, 0.25) is 1.41 Å². The number of fused-ring (bicyclic) bond motifs is 2. The van der Waals surface area contributed by atoms with E-state index in [2.05, 4.69) is 18.2 Å². The Balaban J connectivity index is 2.15. The summed E-state index contributed by atoms with van der Waals surface area (Å²) >= 11 is 1.75. The summed E-state index contributed by atoms with van der Waals surface area (Å²) in [5.41, 5.74) is 2.21. The Morgan fingerprint density at radius 3 is 2.67 bits per heavy atom. The second kappa shape index (κ2) is 3.63. The van der Waals surface area contributed by atoms with Gasteiger partial charge in [-0.3, -0.25) is 0 Å². The van der Waals surface area contributed by atoms with Crippen molar-refractivity contribution in [2.24, 2.45) is 0 Å². The molecule has 15 heavy (non-hydrogen) atoms. The minimum Gasteiger partial charge on any atom is -0.380 e. The van der Waals surface area contributed by atoms with E-state index >= 15 is 0 Å². The number of anilines is 1. The van der Waals surface area contributed by atoms with Crippen LogP contribution in [-0.2, 0) is 6.54 Å². The fraction of sp³-hybridized carbons (Fsp3) is 0.0769. The van der Waals surface area contributed by atoms with E-state index in [0.29, 0.717) is 6.54 Å². The molecule has 74 valence electrons. The predicted octanol–water partition coefficient (Wildman–Crippen LogP) is 3.76. The quantitative estimate of drug-likeness (QED) is 0.718. The summed E-state index contributed by atoms with van der Waals surface area (Å²) in [6.45, 7) is 0.653. The van der Waals surface area contributed by atoms with Gasteiger partial charge in [0.05, 0.1) is 0 Å². The maximum atomic E-state index is 8.04. The first-order valence-corrected chi connectivity index (χ1v) is 5.77. The summed E-state index contributed by atoms with van der Waals surface area (Å²) in [5.74, 6) is 0. The van der Waals surface area contributed by atoms with Crippen molar-refractivity contribution in [1.82, 2.24) is 0 Å². The summed E-state index contributed by atoms with van der Waals surface area (Å²) in [7, 11) is 0. The monoisotopic (exact) mass is 215 g/mol. The van der Waals surface area contributed by atoms with E-state index in [4.69, 9.17) is 1.41 Å². The van der Waals surface area contributed by atoms with E-state index in [-0.39, 0.29) is 0 Å². The second-order valence-corrected chi connectivity index (χ2v) is 4.58. The van der Waals surface area contributed by atoms with Gasteiger partial charge in [-0.25, -0.2) is 0 Å². The Kier molecular flexibility index (Phi) is 1.89. The van der Waals surface area contributed by atoms with Gasteiger partial charge < -0.3 is 5.31 Å². The number of benzene rings is 2. The molecule has 1 heterocycles. The number of rotatable bonds is 0. The highest BCUT2D eigenvalue weighted by atomic mass is 32.2. The van der Waals surface area contributed by atoms with Crippen molar-refractivity contribution in [2.45, 2.75) is 16.3 Å². The fourth-order valence-corrected chi connectivity index (χ4v) is 2.73. The molecule has 1 N–H and O–H groups in total. The van der Waals surface area contributed by atoms with Gasteiger partial charge in [0.25, 0.3) is 0 Å². The average molecular weight is 215 g/mol. The van der Waals surface area contributed by atoms with Crippen LogP contribution in [0.4, 0.5) is 5.69 Å². The third-order valence-corrected chi connectivity index (χ3v) is 3.66. The Morgan fingerprint density at radius 1 is 1.00 bits per heavy atom. The Morgan fingerprint density at radius 2 is 1.73 bits per heavy atom. The van der Waals surface area contributed by atoms with E-state index in [1.807, 2.05) is 30.3 Å². The Bertz CT molecular complexity index is 527. The van der Waals surface area contributed by atoms with Crippen molar-refractivity contribution in [1.29, 1.82) is 0 Å². The summed E-state index contributed by atoms with van der Waals surface area (Å²) in [6, 6.07) is 16.4. The molecule has 0 radical (unpaired) electrons. The van der Waals surface area contributed by atoms with E-state index < -0.39 is 0 Å². The molecule has 0 aromatic heterocycles. The zero-order chi connectivity index (χ0) is 11.0. The molecule has 1 aliphatic heterocycles. The molecule has 2 aromatic rings. The maximum Gasteiger partial charge on any atom is 0.160 e. The molecule has 1 nitrogen and oxygen atoms in total. The molecule has 0 saturated carbocycles. The zero-order valence-electron chi connectivity index (χ0n) is 9.18. The predicted molar refractivity (Wildman–Crippen MR) is 64.3 cm³/mol. The molecule has 0 unspecified atom stereocenters. The van der Waals surface area contributed by atoms with Crippen molar-refractivity contribution >= 4 is 17.4 Å². The molecule has 0 amide bonds. The van der Waals surface area contributed by atoms with Crippen LogP contribution in [0.1, 0.15) is 5.56 Å². The SMILES string of the molecule is [3H]N1Cc2ccccc2Sc2ccccc21. The fourth-order valence-electron chi connectivity index (χ4n) is 1.70. The van der Waals surface area contributed by atoms with Gasteiger partial charge in [0.2, 0.25) is 0 Å². The molecule has 0 saturated heterocycles. The zero-order valence-corrected chi connectivity index (χ0v) is 9.00. The molecule has 0 atom stereocenters. The molecule has 0 spiro atoms. The maximum absolute atomic E-state index is 8.04. The number of para-hydroxylation sites is 1. The highest BCUT2D eigenvalue weighted by molar-refractivity contribution is 7.99. The van der Waals surface area contributed by atoms with E-state index in [0.717, 1.165) is 10.6 Å². The lowest BCUT2D eigenvalue weighted by molar-refractivity contribution is 1.10. The molecule has 0 fully saturated rings. The molecule has 0 bridgehead atoms. The van der Waals surface area contributed by atoms with Gasteiger partial charge in [0.15, 0.2) is 1.41 Å². The lowest BCUT2D eigenvalue weighted by Gasteiger charge is -2.04. The summed E-state index contributed by atoms with van der Waals surface area (Å²) in [4.78, 5) is 2.41. The van der Waals surface area contributed by atoms with Crippen molar-refractivity contribution in [3.8, 4) is 0 Å². The smallest absolute Gasteiger partial charge is 0.160 e. The number of nitrogens with one attached hydrogen (secondary N) is 1. The summed E-state index contributed by atoms with van der Waals surface area (Å²) < 4.78 is 8.04. The molecular weight excluding hydrogens is 202 g/mol. The minimum absolute atomic E-state index is 0.653. The van der Waals surface area contributed by atoms with Crippen molar-refractivity contribution in [2.75, 3.05) is 5.31 Å². The van der Waals surface area contributed by atoms with Gasteiger partial charge in [-0.2, -0.15) is 0 Å². The van der Waals surface area contributed by atoms with Gasteiger partial charge in [-0.1, -0.05) is 42.1 Å². The third kappa shape index (κ3) is 1.61. The van der Waals surface area contributed by atoms with Gasteiger partial charge in [0, 0.05) is 22.0 Å². The molecule has 1 aliphatic rings. The highest BCUT2D eigenvalue weighted by Crippen LogP contribution is 2.38. The van der Waals surface area contributed by atoms with Crippen LogP contribution in [0, 0.1) is 0 Å². The van der Waals surface area contributed by atoms with Crippen LogP contribution < -0.4 is 5.31 Å². The first-order chi connectivity index (χ1) is 7.84. The first-order valence-electron chi connectivity index (χ1n) is 5.40. The van der Waals surface area contributed by atoms with Crippen LogP contribution in [0.3, 0.4) is 0 Å². The first kappa shape index (κ1) is 7.83. The lowest BCUT2D eigenvalue weighted by Crippen LogP contribution is -1.97. The number of hydrogen-bond donors (Lipinski definition) is 1. The van der Waals surface area contributed by atoms with Gasteiger partial charge in [-0.05, 0) is 23.8 Å². The van der Waals surface area contributed by atoms with E-state index in [9.17, 15) is 0 Å². The van der Waals surface area contributed by atoms with Crippen LogP contribution in [-0.4, -0.2) is 0 Å². The van der Waals surface area contributed by atoms with Crippen molar-refractivity contribution in [3.05, 3.63) is 54.1 Å². The summed E-state index contributed by atoms with van der Waals surface area (Å²) in [6.07, 6.45) is 0. The molecule has 2 aromatic carbocycles. The van der Waals surface area contributed by atoms with Crippen molar-refractivity contribution in [3.63, 3.8) is 0 Å². The van der Waals surface area contributed by atoms with E-state index in [1.165, 1.54) is 10.5 Å². The normalized spacial score (nSPS) is 14.9. The van der Waals surface area contributed by atoms with Crippen LogP contribution in [0.15, 0.2) is 58.3 Å². The van der Waals surface area contributed by atoms with Crippen LogP contribution in [0.25, 0.3) is 0 Å². The third-order valence-electron chi connectivity index (χ3n) is 2.48. The molecule has 2 heteroatoms. The average Bonchev–Trinajstić information content (AvgIpc) is 2.45.